The lowest BCUT2D eigenvalue weighted by Crippen LogP contribution is -2.26. The fourth-order valence-electron chi connectivity index (χ4n) is 2.06. The molecular formula is C18H20N2O3. The molecule has 23 heavy (non-hydrogen) atoms. The van der Waals surface area contributed by atoms with Gasteiger partial charge < -0.3 is 15.4 Å². The van der Waals surface area contributed by atoms with Crippen molar-refractivity contribution in [3.63, 3.8) is 0 Å². The molecule has 5 heteroatoms. The number of anilines is 1. The van der Waals surface area contributed by atoms with Gasteiger partial charge in [0.2, 0.25) is 5.91 Å². The molecule has 0 unspecified atom stereocenters. The maximum absolute atomic E-state index is 12.0. The molecule has 2 aromatic carbocycles. The molecule has 5 nitrogen and oxygen atoms in total. The molecule has 0 saturated carbocycles. The zero-order valence-electron chi connectivity index (χ0n) is 13.0. The highest BCUT2D eigenvalue weighted by Crippen LogP contribution is 2.10. The quantitative estimate of drug-likeness (QED) is 0.771. The van der Waals surface area contributed by atoms with E-state index in [4.69, 9.17) is 4.74 Å². The lowest BCUT2D eigenvalue weighted by Gasteiger charge is -2.07. The fraction of sp³-hybridized carbons (Fsp3) is 0.222. The molecule has 0 saturated heterocycles. The van der Waals surface area contributed by atoms with Crippen molar-refractivity contribution in [3.8, 4) is 0 Å². The molecule has 2 aromatic rings. The Balaban J connectivity index is 1.87. The first-order chi connectivity index (χ1) is 11.2. The van der Waals surface area contributed by atoms with Gasteiger partial charge in [0.1, 0.15) is 0 Å². The van der Waals surface area contributed by atoms with Gasteiger partial charge in [-0.1, -0.05) is 30.3 Å². The Labute approximate surface area is 135 Å². The van der Waals surface area contributed by atoms with E-state index in [1.165, 1.54) is 0 Å². The largest absolute Gasteiger partial charge is 0.383 e. The summed E-state index contributed by atoms with van der Waals surface area (Å²) in [5.74, 6) is -0.252. The van der Waals surface area contributed by atoms with Crippen LogP contribution in [0.2, 0.25) is 0 Å². The number of carbonyl (C=O) groups is 2. The van der Waals surface area contributed by atoms with Gasteiger partial charge in [0.25, 0.3) is 5.91 Å². The standard InChI is InChI=1S/C18H20N2O3/c1-23-12-11-19-18(22)15-7-9-16(10-8-15)20-17(21)13-14-5-3-2-4-6-14/h2-10H,11-13H2,1H3,(H,19,22)(H,20,21). The smallest absolute Gasteiger partial charge is 0.251 e. The average Bonchev–Trinajstić information content (AvgIpc) is 2.56. The number of hydrogen-bond donors (Lipinski definition) is 2. The van der Waals surface area contributed by atoms with Gasteiger partial charge in [0.15, 0.2) is 0 Å². The van der Waals surface area contributed by atoms with Crippen molar-refractivity contribution in [2.45, 2.75) is 6.42 Å². The van der Waals surface area contributed by atoms with E-state index in [1.54, 1.807) is 31.4 Å². The third-order valence-electron chi connectivity index (χ3n) is 3.23. The third-order valence-corrected chi connectivity index (χ3v) is 3.23. The summed E-state index contributed by atoms with van der Waals surface area (Å²) in [6, 6.07) is 16.3. The first kappa shape index (κ1) is 16.7. The predicted molar refractivity (Wildman–Crippen MR) is 89.4 cm³/mol. The van der Waals surface area contributed by atoms with Gasteiger partial charge in [-0.05, 0) is 29.8 Å². The summed E-state index contributed by atoms with van der Waals surface area (Å²) in [4.78, 5) is 23.8. The maximum atomic E-state index is 12.0. The maximum Gasteiger partial charge on any atom is 0.251 e. The van der Waals surface area contributed by atoms with Crippen molar-refractivity contribution < 1.29 is 14.3 Å². The highest BCUT2D eigenvalue weighted by atomic mass is 16.5. The van der Waals surface area contributed by atoms with Crippen LogP contribution in [0.1, 0.15) is 15.9 Å². The molecule has 0 aliphatic carbocycles. The summed E-state index contributed by atoms with van der Waals surface area (Å²) >= 11 is 0. The molecule has 2 N–H and O–H groups in total. The molecule has 0 aliphatic rings. The Morgan fingerprint density at radius 1 is 1.00 bits per heavy atom. The molecule has 0 aromatic heterocycles. The van der Waals surface area contributed by atoms with Crippen LogP contribution in [0.4, 0.5) is 5.69 Å². The number of ether oxygens (including phenoxy) is 1. The second-order valence-corrected chi connectivity index (χ2v) is 5.04. The molecule has 0 spiro atoms. The summed E-state index contributed by atoms with van der Waals surface area (Å²) < 4.78 is 4.88. The van der Waals surface area contributed by atoms with Crippen molar-refractivity contribution in [2.24, 2.45) is 0 Å². The SMILES string of the molecule is COCCNC(=O)c1ccc(NC(=O)Cc2ccccc2)cc1. The predicted octanol–water partition coefficient (Wildman–Crippen LogP) is 2.24. The van der Waals surface area contributed by atoms with E-state index >= 15 is 0 Å². The van der Waals surface area contributed by atoms with Crippen LogP contribution in [-0.4, -0.2) is 32.1 Å². The number of carbonyl (C=O) groups excluding carboxylic acids is 2. The van der Waals surface area contributed by atoms with Crippen LogP contribution in [0.5, 0.6) is 0 Å². The van der Waals surface area contributed by atoms with Crippen LogP contribution in [0.3, 0.4) is 0 Å². The molecule has 0 atom stereocenters. The van der Waals surface area contributed by atoms with Crippen LogP contribution >= 0.6 is 0 Å². The summed E-state index contributed by atoms with van der Waals surface area (Å²) in [5, 5.41) is 5.56. The van der Waals surface area contributed by atoms with E-state index in [2.05, 4.69) is 10.6 Å². The van der Waals surface area contributed by atoms with Gasteiger partial charge in [-0.2, -0.15) is 0 Å². The molecule has 2 amide bonds. The second-order valence-electron chi connectivity index (χ2n) is 5.04. The van der Waals surface area contributed by atoms with Crippen LogP contribution in [-0.2, 0) is 16.0 Å². The number of amides is 2. The summed E-state index contributed by atoms with van der Waals surface area (Å²) in [6.45, 7) is 0.935. The lowest BCUT2D eigenvalue weighted by atomic mass is 10.1. The van der Waals surface area contributed by atoms with Crippen molar-refractivity contribution in [1.82, 2.24) is 5.32 Å². The number of benzene rings is 2. The van der Waals surface area contributed by atoms with Gasteiger partial charge >= 0.3 is 0 Å². The Morgan fingerprint density at radius 2 is 1.70 bits per heavy atom. The Kier molecular flexibility index (Phi) is 6.32. The lowest BCUT2D eigenvalue weighted by molar-refractivity contribution is -0.115. The van der Waals surface area contributed by atoms with E-state index in [0.29, 0.717) is 30.8 Å². The van der Waals surface area contributed by atoms with Crippen LogP contribution < -0.4 is 10.6 Å². The minimum atomic E-state index is -0.163. The van der Waals surface area contributed by atoms with Crippen LogP contribution in [0, 0.1) is 0 Å². The summed E-state index contributed by atoms with van der Waals surface area (Å²) in [7, 11) is 1.58. The monoisotopic (exact) mass is 312 g/mol. The normalized spacial score (nSPS) is 10.1. The number of methoxy groups -OCH3 is 1. The van der Waals surface area contributed by atoms with Crippen molar-refractivity contribution >= 4 is 17.5 Å². The van der Waals surface area contributed by atoms with Crippen LogP contribution in [0.15, 0.2) is 54.6 Å². The van der Waals surface area contributed by atoms with E-state index in [1.807, 2.05) is 30.3 Å². The molecule has 120 valence electrons. The van der Waals surface area contributed by atoms with Crippen molar-refractivity contribution in [2.75, 3.05) is 25.6 Å². The van der Waals surface area contributed by atoms with Gasteiger partial charge in [-0.15, -0.1) is 0 Å². The fourth-order valence-corrected chi connectivity index (χ4v) is 2.06. The molecule has 0 heterocycles. The second kappa shape index (κ2) is 8.70. The first-order valence-electron chi connectivity index (χ1n) is 7.40. The Hall–Kier alpha value is -2.66. The zero-order chi connectivity index (χ0) is 16.5. The average molecular weight is 312 g/mol. The highest BCUT2D eigenvalue weighted by Gasteiger charge is 2.07. The summed E-state index contributed by atoms with van der Waals surface area (Å²) in [6.07, 6.45) is 0.320. The minimum Gasteiger partial charge on any atom is -0.383 e. The Morgan fingerprint density at radius 3 is 2.35 bits per heavy atom. The van der Waals surface area contributed by atoms with Gasteiger partial charge in [-0.25, -0.2) is 0 Å². The Bertz CT molecular complexity index is 639. The summed E-state index contributed by atoms with van der Waals surface area (Å²) in [5.41, 5.74) is 2.17. The molecule has 0 radical (unpaired) electrons. The molecule has 0 bridgehead atoms. The van der Waals surface area contributed by atoms with E-state index in [9.17, 15) is 9.59 Å². The van der Waals surface area contributed by atoms with E-state index in [-0.39, 0.29) is 11.8 Å². The van der Waals surface area contributed by atoms with Gasteiger partial charge in [-0.3, -0.25) is 9.59 Å². The topological polar surface area (TPSA) is 67.4 Å². The first-order valence-corrected chi connectivity index (χ1v) is 7.40. The molecule has 0 aliphatic heterocycles. The van der Waals surface area contributed by atoms with E-state index < -0.39 is 0 Å². The minimum absolute atomic E-state index is 0.0894. The molecule has 2 rings (SSSR count). The van der Waals surface area contributed by atoms with Gasteiger partial charge in [0, 0.05) is 24.9 Å². The number of rotatable bonds is 7. The van der Waals surface area contributed by atoms with Gasteiger partial charge in [0.05, 0.1) is 13.0 Å². The molecular weight excluding hydrogens is 292 g/mol. The van der Waals surface area contributed by atoms with E-state index in [0.717, 1.165) is 5.56 Å². The van der Waals surface area contributed by atoms with Crippen molar-refractivity contribution in [3.05, 3.63) is 65.7 Å². The van der Waals surface area contributed by atoms with Crippen LogP contribution in [0.25, 0.3) is 0 Å². The number of nitrogens with one attached hydrogen (secondary N) is 2. The van der Waals surface area contributed by atoms with Crippen molar-refractivity contribution in [1.29, 1.82) is 0 Å². The molecule has 0 fully saturated rings. The zero-order valence-corrected chi connectivity index (χ0v) is 13.0. The third kappa shape index (κ3) is 5.56. The highest BCUT2D eigenvalue weighted by molar-refractivity contribution is 5.96. The number of hydrogen-bond acceptors (Lipinski definition) is 3.